The molecule has 0 spiro atoms. The molecule has 2 aromatic rings. The Morgan fingerprint density at radius 3 is 2.63 bits per heavy atom. The van der Waals surface area contributed by atoms with Gasteiger partial charge in [-0.2, -0.15) is 0 Å². The van der Waals surface area contributed by atoms with Gasteiger partial charge < -0.3 is 9.84 Å². The number of carboxylic acid groups (broad SMARTS) is 1. The number of ether oxygens (including phenoxy) is 1. The SMILES string of the molecule is Cc1cccc(COc2ccc(C)c(C(=O)O)c2)c1. The van der Waals surface area contributed by atoms with E-state index in [0.29, 0.717) is 12.4 Å². The summed E-state index contributed by atoms with van der Waals surface area (Å²) >= 11 is 0. The minimum Gasteiger partial charge on any atom is -0.489 e. The summed E-state index contributed by atoms with van der Waals surface area (Å²) in [5, 5.41) is 9.06. The Balaban J connectivity index is 2.12. The molecule has 2 aromatic carbocycles. The molecular formula is C16H16O3. The van der Waals surface area contributed by atoms with Crippen molar-refractivity contribution in [2.45, 2.75) is 20.5 Å². The molecule has 0 aliphatic rings. The Labute approximate surface area is 112 Å². The van der Waals surface area contributed by atoms with E-state index in [1.54, 1.807) is 25.1 Å². The molecule has 0 heterocycles. The molecule has 0 aliphatic carbocycles. The molecule has 0 bridgehead atoms. The van der Waals surface area contributed by atoms with Crippen molar-refractivity contribution in [1.29, 1.82) is 0 Å². The molecule has 0 radical (unpaired) electrons. The highest BCUT2D eigenvalue weighted by Gasteiger charge is 2.08. The van der Waals surface area contributed by atoms with Crippen LogP contribution in [0.4, 0.5) is 0 Å². The van der Waals surface area contributed by atoms with Crippen LogP contribution in [0, 0.1) is 13.8 Å². The Kier molecular flexibility index (Phi) is 3.85. The van der Waals surface area contributed by atoms with Crippen molar-refractivity contribution in [1.82, 2.24) is 0 Å². The summed E-state index contributed by atoms with van der Waals surface area (Å²) in [5.74, 6) is -0.358. The number of carboxylic acids is 1. The summed E-state index contributed by atoms with van der Waals surface area (Å²) in [6.07, 6.45) is 0. The van der Waals surface area contributed by atoms with E-state index in [2.05, 4.69) is 0 Å². The summed E-state index contributed by atoms with van der Waals surface area (Å²) < 4.78 is 5.63. The van der Waals surface area contributed by atoms with E-state index in [-0.39, 0.29) is 5.56 Å². The number of benzene rings is 2. The lowest BCUT2D eigenvalue weighted by molar-refractivity contribution is 0.0695. The molecule has 1 N–H and O–H groups in total. The lowest BCUT2D eigenvalue weighted by atomic mass is 10.1. The molecule has 3 heteroatoms. The standard InChI is InChI=1S/C16H16O3/c1-11-4-3-5-13(8-11)10-19-14-7-6-12(2)15(9-14)16(17)18/h3-9H,10H2,1-2H3,(H,17,18). The van der Waals surface area contributed by atoms with Gasteiger partial charge in [-0.1, -0.05) is 35.9 Å². The maximum atomic E-state index is 11.0. The fourth-order valence-electron chi connectivity index (χ4n) is 1.89. The zero-order chi connectivity index (χ0) is 13.8. The van der Waals surface area contributed by atoms with Gasteiger partial charge in [-0.15, -0.1) is 0 Å². The third-order valence-electron chi connectivity index (χ3n) is 2.93. The number of aryl methyl sites for hydroxylation is 2. The van der Waals surface area contributed by atoms with Gasteiger partial charge in [-0.3, -0.25) is 0 Å². The molecule has 2 rings (SSSR count). The first-order valence-corrected chi connectivity index (χ1v) is 6.08. The average Bonchev–Trinajstić information content (AvgIpc) is 2.37. The molecule has 19 heavy (non-hydrogen) atoms. The first-order valence-electron chi connectivity index (χ1n) is 6.08. The smallest absolute Gasteiger partial charge is 0.336 e. The summed E-state index contributed by atoms with van der Waals surface area (Å²) in [4.78, 5) is 11.0. The third kappa shape index (κ3) is 3.35. The summed E-state index contributed by atoms with van der Waals surface area (Å²) in [6.45, 7) is 4.23. The average molecular weight is 256 g/mol. The summed E-state index contributed by atoms with van der Waals surface area (Å²) in [5.41, 5.74) is 3.26. The van der Waals surface area contributed by atoms with Crippen molar-refractivity contribution in [2.24, 2.45) is 0 Å². The van der Waals surface area contributed by atoms with Gasteiger partial charge in [0.05, 0.1) is 5.56 Å². The van der Waals surface area contributed by atoms with Gasteiger partial charge in [0, 0.05) is 0 Å². The first-order chi connectivity index (χ1) is 9.06. The van der Waals surface area contributed by atoms with Crippen molar-refractivity contribution in [3.63, 3.8) is 0 Å². The Morgan fingerprint density at radius 1 is 1.16 bits per heavy atom. The van der Waals surface area contributed by atoms with E-state index in [4.69, 9.17) is 9.84 Å². The van der Waals surface area contributed by atoms with Crippen molar-refractivity contribution < 1.29 is 14.6 Å². The maximum absolute atomic E-state index is 11.0. The predicted molar refractivity (Wildman–Crippen MR) is 73.6 cm³/mol. The molecule has 0 saturated carbocycles. The third-order valence-corrected chi connectivity index (χ3v) is 2.93. The van der Waals surface area contributed by atoms with E-state index in [9.17, 15) is 4.79 Å². The van der Waals surface area contributed by atoms with Crippen molar-refractivity contribution in [3.8, 4) is 5.75 Å². The van der Waals surface area contributed by atoms with Crippen LogP contribution in [0.1, 0.15) is 27.0 Å². The molecule has 0 aromatic heterocycles. The normalized spacial score (nSPS) is 10.2. The summed E-state index contributed by atoms with van der Waals surface area (Å²) in [6, 6.07) is 13.1. The van der Waals surface area contributed by atoms with Crippen LogP contribution >= 0.6 is 0 Å². The number of carbonyl (C=O) groups is 1. The number of rotatable bonds is 4. The molecule has 0 fully saturated rings. The fraction of sp³-hybridized carbons (Fsp3) is 0.188. The molecular weight excluding hydrogens is 240 g/mol. The van der Waals surface area contributed by atoms with E-state index in [1.165, 1.54) is 5.56 Å². The minimum atomic E-state index is -0.932. The Bertz CT molecular complexity index is 603. The van der Waals surface area contributed by atoms with E-state index in [0.717, 1.165) is 11.1 Å². The van der Waals surface area contributed by atoms with Crippen molar-refractivity contribution >= 4 is 5.97 Å². The molecule has 98 valence electrons. The number of hydrogen-bond donors (Lipinski definition) is 1. The highest BCUT2D eigenvalue weighted by atomic mass is 16.5. The largest absolute Gasteiger partial charge is 0.489 e. The molecule has 0 unspecified atom stereocenters. The lowest BCUT2D eigenvalue weighted by Crippen LogP contribution is -2.01. The van der Waals surface area contributed by atoms with Crippen molar-refractivity contribution in [3.05, 3.63) is 64.7 Å². The second kappa shape index (κ2) is 5.57. The van der Waals surface area contributed by atoms with E-state index < -0.39 is 5.97 Å². The molecule has 3 nitrogen and oxygen atoms in total. The van der Waals surface area contributed by atoms with E-state index in [1.807, 2.05) is 31.2 Å². The van der Waals surface area contributed by atoms with Crippen LogP contribution < -0.4 is 4.74 Å². The van der Waals surface area contributed by atoms with Crippen LogP contribution in [0.3, 0.4) is 0 Å². The van der Waals surface area contributed by atoms with Crippen LogP contribution in [0.2, 0.25) is 0 Å². The molecule has 0 amide bonds. The predicted octanol–water partition coefficient (Wildman–Crippen LogP) is 3.58. The monoisotopic (exact) mass is 256 g/mol. The van der Waals surface area contributed by atoms with Gasteiger partial charge in [-0.05, 0) is 37.1 Å². The number of hydrogen-bond acceptors (Lipinski definition) is 2. The second-order valence-corrected chi connectivity index (χ2v) is 4.56. The van der Waals surface area contributed by atoms with Gasteiger partial charge in [0.15, 0.2) is 0 Å². The molecule has 0 atom stereocenters. The first kappa shape index (κ1) is 13.1. The van der Waals surface area contributed by atoms with Gasteiger partial charge in [0.1, 0.15) is 12.4 Å². The zero-order valence-corrected chi connectivity index (χ0v) is 11.0. The van der Waals surface area contributed by atoms with Crippen LogP contribution in [-0.4, -0.2) is 11.1 Å². The molecule has 0 aliphatic heterocycles. The highest BCUT2D eigenvalue weighted by Crippen LogP contribution is 2.19. The summed E-state index contributed by atoms with van der Waals surface area (Å²) in [7, 11) is 0. The van der Waals surface area contributed by atoms with Crippen LogP contribution in [0.25, 0.3) is 0 Å². The number of aromatic carboxylic acids is 1. The Morgan fingerprint density at radius 2 is 1.95 bits per heavy atom. The van der Waals surface area contributed by atoms with Crippen molar-refractivity contribution in [2.75, 3.05) is 0 Å². The van der Waals surface area contributed by atoms with Gasteiger partial charge in [-0.25, -0.2) is 4.79 Å². The topological polar surface area (TPSA) is 46.5 Å². The fourth-order valence-corrected chi connectivity index (χ4v) is 1.89. The van der Waals surface area contributed by atoms with Crippen LogP contribution in [0.5, 0.6) is 5.75 Å². The minimum absolute atomic E-state index is 0.279. The van der Waals surface area contributed by atoms with Gasteiger partial charge in [0.2, 0.25) is 0 Å². The van der Waals surface area contributed by atoms with E-state index >= 15 is 0 Å². The maximum Gasteiger partial charge on any atom is 0.336 e. The highest BCUT2D eigenvalue weighted by molar-refractivity contribution is 5.89. The quantitative estimate of drug-likeness (QED) is 0.909. The Hall–Kier alpha value is -2.29. The second-order valence-electron chi connectivity index (χ2n) is 4.56. The molecule has 0 saturated heterocycles. The van der Waals surface area contributed by atoms with Gasteiger partial charge >= 0.3 is 5.97 Å². The lowest BCUT2D eigenvalue weighted by Gasteiger charge is -2.09. The van der Waals surface area contributed by atoms with Gasteiger partial charge in [0.25, 0.3) is 0 Å². The van der Waals surface area contributed by atoms with Crippen LogP contribution in [-0.2, 0) is 6.61 Å². The zero-order valence-electron chi connectivity index (χ0n) is 11.0. The van der Waals surface area contributed by atoms with Crippen LogP contribution in [0.15, 0.2) is 42.5 Å².